The van der Waals surface area contributed by atoms with Gasteiger partial charge in [-0.25, -0.2) is 0 Å². The Bertz CT molecular complexity index is 176. The summed E-state index contributed by atoms with van der Waals surface area (Å²) in [6.45, 7) is 2.05. The van der Waals surface area contributed by atoms with Crippen molar-refractivity contribution >= 4 is 5.78 Å². The minimum absolute atomic E-state index is 0.0833. The number of rotatable bonds is 0. The summed E-state index contributed by atoms with van der Waals surface area (Å²) in [6.07, 6.45) is 3.72. The van der Waals surface area contributed by atoms with Crippen LogP contribution < -0.4 is 0 Å². The highest BCUT2D eigenvalue weighted by molar-refractivity contribution is 5.81. The first kappa shape index (κ1) is 6.35. The fraction of sp³-hybridized carbons (Fsp3) is 0.875. The molecular formula is C8H12O2. The van der Waals surface area contributed by atoms with E-state index in [1.807, 2.05) is 6.92 Å². The topological polar surface area (TPSA) is 26.3 Å². The lowest BCUT2D eigenvalue weighted by atomic mass is 9.97. The minimum Gasteiger partial charge on any atom is -0.371 e. The first-order valence-electron chi connectivity index (χ1n) is 3.87. The minimum atomic E-state index is -0.0833. The molecule has 2 bridgehead atoms. The predicted molar refractivity (Wildman–Crippen MR) is 36.8 cm³/mol. The smallest absolute Gasteiger partial charge is 0.138 e. The monoisotopic (exact) mass is 140 g/mol. The van der Waals surface area contributed by atoms with Gasteiger partial charge in [-0.1, -0.05) is 0 Å². The Kier molecular flexibility index (Phi) is 1.15. The van der Waals surface area contributed by atoms with Crippen molar-refractivity contribution in [1.82, 2.24) is 0 Å². The largest absolute Gasteiger partial charge is 0.371 e. The second kappa shape index (κ2) is 1.82. The van der Waals surface area contributed by atoms with Gasteiger partial charge in [0.05, 0.1) is 11.7 Å². The molecule has 10 heavy (non-hydrogen) atoms. The zero-order valence-corrected chi connectivity index (χ0v) is 6.22. The highest BCUT2D eigenvalue weighted by Crippen LogP contribution is 2.38. The van der Waals surface area contributed by atoms with E-state index in [1.54, 1.807) is 0 Å². The Hall–Kier alpha value is -0.370. The summed E-state index contributed by atoms with van der Waals surface area (Å²) in [5, 5.41) is 0. The zero-order chi connectivity index (χ0) is 7.19. The van der Waals surface area contributed by atoms with Gasteiger partial charge in [-0.2, -0.15) is 0 Å². The van der Waals surface area contributed by atoms with Gasteiger partial charge in [0.2, 0.25) is 0 Å². The second-order valence-corrected chi connectivity index (χ2v) is 3.65. The number of carbonyl (C=O) groups is 1. The van der Waals surface area contributed by atoms with Crippen LogP contribution in [0.15, 0.2) is 0 Å². The molecule has 2 fully saturated rings. The number of hydrogen-bond acceptors (Lipinski definition) is 2. The van der Waals surface area contributed by atoms with E-state index >= 15 is 0 Å². The summed E-state index contributed by atoms with van der Waals surface area (Å²) in [5.41, 5.74) is -0.0833. The molecule has 2 nitrogen and oxygen atoms in total. The summed E-state index contributed by atoms with van der Waals surface area (Å²) in [4.78, 5) is 11.0. The molecule has 0 saturated carbocycles. The molecule has 0 aromatic heterocycles. The Morgan fingerprint density at radius 1 is 1.70 bits per heavy atom. The van der Waals surface area contributed by atoms with Gasteiger partial charge in [0.25, 0.3) is 0 Å². The Balaban J connectivity index is 2.20. The molecular weight excluding hydrogens is 128 g/mol. The molecule has 0 aromatic rings. The molecule has 2 atom stereocenters. The van der Waals surface area contributed by atoms with Gasteiger partial charge < -0.3 is 4.74 Å². The maximum atomic E-state index is 11.0. The van der Waals surface area contributed by atoms with E-state index in [1.165, 1.54) is 0 Å². The number of hydrogen-bond donors (Lipinski definition) is 0. The normalized spacial score (nSPS) is 46.1. The van der Waals surface area contributed by atoms with Gasteiger partial charge in [-0.05, 0) is 19.8 Å². The van der Waals surface area contributed by atoms with E-state index in [2.05, 4.69) is 0 Å². The average Bonchev–Trinajstić information content (AvgIpc) is 2.06. The van der Waals surface area contributed by atoms with Crippen LogP contribution in [0.1, 0.15) is 32.6 Å². The lowest BCUT2D eigenvalue weighted by Gasteiger charge is -2.28. The fourth-order valence-corrected chi connectivity index (χ4v) is 2.00. The summed E-state index contributed by atoms with van der Waals surface area (Å²) in [5.74, 6) is 0.385. The quantitative estimate of drug-likeness (QED) is 0.506. The average molecular weight is 140 g/mol. The van der Waals surface area contributed by atoms with E-state index in [0.717, 1.165) is 12.8 Å². The molecule has 56 valence electrons. The van der Waals surface area contributed by atoms with Crippen LogP contribution in [0.4, 0.5) is 0 Å². The zero-order valence-electron chi connectivity index (χ0n) is 6.22. The first-order chi connectivity index (χ1) is 4.68. The lowest BCUT2D eigenvalue weighted by molar-refractivity contribution is -0.137. The first-order valence-corrected chi connectivity index (χ1v) is 3.87. The van der Waals surface area contributed by atoms with Crippen LogP contribution in [-0.2, 0) is 9.53 Å². The van der Waals surface area contributed by atoms with Gasteiger partial charge in [-0.3, -0.25) is 4.79 Å². The van der Waals surface area contributed by atoms with E-state index in [-0.39, 0.29) is 11.7 Å². The van der Waals surface area contributed by atoms with E-state index in [0.29, 0.717) is 18.6 Å². The molecule has 0 N–H and O–H groups in total. The molecule has 0 radical (unpaired) electrons. The third-order valence-corrected chi connectivity index (χ3v) is 2.47. The molecule has 0 aromatic carbocycles. The molecule has 0 unspecified atom stereocenters. The van der Waals surface area contributed by atoms with Gasteiger partial charge >= 0.3 is 0 Å². The molecule has 2 heteroatoms. The highest BCUT2D eigenvalue weighted by Gasteiger charge is 2.42. The van der Waals surface area contributed by atoms with Crippen molar-refractivity contribution in [2.45, 2.75) is 44.3 Å². The van der Waals surface area contributed by atoms with E-state index < -0.39 is 0 Å². The number of Topliss-reactive ketones (excluding diaryl/α,β-unsaturated/α-hetero) is 1. The number of ketones is 1. The number of ether oxygens (including phenoxy) is 1. The molecule has 0 spiro atoms. The van der Waals surface area contributed by atoms with Gasteiger partial charge in [0.15, 0.2) is 0 Å². The van der Waals surface area contributed by atoms with Crippen molar-refractivity contribution in [2.75, 3.05) is 0 Å². The molecule has 0 aliphatic carbocycles. The predicted octanol–water partition coefficient (Wildman–Crippen LogP) is 1.29. The van der Waals surface area contributed by atoms with E-state index in [4.69, 9.17) is 4.74 Å². The van der Waals surface area contributed by atoms with Crippen LogP contribution in [0.2, 0.25) is 0 Å². The van der Waals surface area contributed by atoms with Crippen LogP contribution in [0.5, 0.6) is 0 Å². The molecule has 2 saturated heterocycles. The van der Waals surface area contributed by atoms with Gasteiger partial charge in [0, 0.05) is 12.8 Å². The molecule has 2 heterocycles. The van der Waals surface area contributed by atoms with Gasteiger partial charge in [-0.15, -0.1) is 0 Å². The van der Waals surface area contributed by atoms with Crippen molar-refractivity contribution in [3.05, 3.63) is 0 Å². The van der Waals surface area contributed by atoms with Crippen molar-refractivity contribution < 1.29 is 9.53 Å². The second-order valence-electron chi connectivity index (χ2n) is 3.65. The summed E-state index contributed by atoms with van der Waals surface area (Å²) in [6, 6.07) is 0. The third-order valence-electron chi connectivity index (χ3n) is 2.47. The summed E-state index contributed by atoms with van der Waals surface area (Å²) < 4.78 is 5.63. The lowest BCUT2D eigenvalue weighted by Crippen LogP contribution is -2.34. The Morgan fingerprint density at radius 2 is 2.50 bits per heavy atom. The van der Waals surface area contributed by atoms with Crippen molar-refractivity contribution in [1.29, 1.82) is 0 Å². The molecule has 0 amide bonds. The van der Waals surface area contributed by atoms with Crippen molar-refractivity contribution in [2.24, 2.45) is 0 Å². The standard InChI is InChI=1S/C8H12O2/c1-8-3-2-7(10-8)4-6(9)5-8/h7H,2-5H2,1H3/t7-,8+/m0/s1. The van der Waals surface area contributed by atoms with Gasteiger partial charge in [0.1, 0.15) is 5.78 Å². The van der Waals surface area contributed by atoms with Crippen LogP contribution in [0.3, 0.4) is 0 Å². The van der Waals surface area contributed by atoms with Crippen LogP contribution >= 0.6 is 0 Å². The van der Waals surface area contributed by atoms with Crippen LogP contribution in [0, 0.1) is 0 Å². The third kappa shape index (κ3) is 0.870. The van der Waals surface area contributed by atoms with Crippen LogP contribution in [0.25, 0.3) is 0 Å². The molecule has 2 rings (SSSR count). The Labute approximate surface area is 60.6 Å². The fourth-order valence-electron chi connectivity index (χ4n) is 2.00. The van der Waals surface area contributed by atoms with Crippen molar-refractivity contribution in [3.63, 3.8) is 0 Å². The molecule has 2 aliphatic heterocycles. The SMILES string of the molecule is C[C@@]12CC[C@@H](CC(=O)C1)O2. The van der Waals surface area contributed by atoms with Crippen LogP contribution in [-0.4, -0.2) is 17.5 Å². The molecule has 2 aliphatic rings. The number of carbonyl (C=O) groups excluding carboxylic acids is 1. The highest BCUT2D eigenvalue weighted by atomic mass is 16.5. The number of fused-ring (bicyclic) bond motifs is 2. The maximum Gasteiger partial charge on any atom is 0.138 e. The van der Waals surface area contributed by atoms with E-state index in [9.17, 15) is 4.79 Å². The summed E-state index contributed by atoms with van der Waals surface area (Å²) >= 11 is 0. The maximum absolute atomic E-state index is 11.0. The Morgan fingerprint density at radius 3 is 3.20 bits per heavy atom. The van der Waals surface area contributed by atoms with Crippen molar-refractivity contribution in [3.8, 4) is 0 Å². The summed E-state index contributed by atoms with van der Waals surface area (Å²) in [7, 11) is 0.